The molecule has 0 bridgehead atoms. The second kappa shape index (κ2) is 8.91. The second-order valence-corrected chi connectivity index (χ2v) is 11.7. The summed E-state index contributed by atoms with van der Waals surface area (Å²) in [4.78, 5) is 39.7. The Labute approximate surface area is 218 Å². The molecule has 2 aliphatic heterocycles. The highest BCUT2D eigenvalue weighted by Gasteiger charge is 2.78. The van der Waals surface area contributed by atoms with Gasteiger partial charge >= 0.3 is 5.97 Å². The van der Waals surface area contributed by atoms with E-state index >= 15 is 0 Å². The van der Waals surface area contributed by atoms with Gasteiger partial charge in [-0.05, 0) is 50.3 Å². The average molecular weight is 508 g/mol. The van der Waals surface area contributed by atoms with Gasteiger partial charge in [0.15, 0.2) is 5.78 Å². The van der Waals surface area contributed by atoms with Crippen LogP contribution >= 0.6 is 0 Å². The Bertz CT molecular complexity index is 1160. The Morgan fingerprint density at radius 2 is 1.86 bits per heavy atom. The summed E-state index contributed by atoms with van der Waals surface area (Å²) in [6.45, 7) is 8.76. The summed E-state index contributed by atoms with van der Waals surface area (Å²) in [5, 5.41) is 14.3. The number of ketones is 1. The highest BCUT2D eigenvalue weighted by Crippen LogP contribution is 2.67. The zero-order chi connectivity index (χ0) is 26.8. The van der Waals surface area contributed by atoms with Gasteiger partial charge in [-0.1, -0.05) is 56.3 Å². The minimum atomic E-state index is -1.76. The molecule has 5 rings (SSSR count). The topological polar surface area (TPSA) is 105 Å². The van der Waals surface area contributed by atoms with Crippen LogP contribution in [0.1, 0.15) is 46.6 Å². The molecule has 1 saturated carbocycles. The maximum atomic E-state index is 14.3. The molecular formula is C30H37NO6. The molecule has 1 aromatic carbocycles. The molecule has 4 aliphatic rings. The van der Waals surface area contributed by atoms with Crippen molar-refractivity contribution in [3.63, 3.8) is 0 Å². The lowest BCUT2D eigenvalue weighted by molar-refractivity contribution is -0.162. The quantitative estimate of drug-likeness (QED) is 0.370. The number of benzene rings is 1. The van der Waals surface area contributed by atoms with Gasteiger partial charge in [0.2, 0.25) is 5.91 Å². The van der Waals surface area contributed by atoms with Crippen LogP contribution in [0.15, 0.2) is 54.6 Å². The number of hydrogen-bond donors (Lipinski definition) is 2. The van der Waals surface area contributed by atoms with Gasteiger partial charge in [-0.2, -0.15) is 0 Å². The predicted octanol–water partition coefficient (Wildman–Crippen LogP) is 3.16. The number of allylic oxidation sites excluding steroid dienone is 1. The lowest BCUT2D eigenvalue weighted by Gasteiger charge is -2.49. The number of rotatable bonds is 3. The van der Waals surface area contributed by atoms with Crippen LogP contribution in [0.25, 0.3) is 0 Å². The summed E-state index contributed by atoms with van der Waals surface area (Å²) in [6.07, 6.45) is 6.72. The number of nitrogens with one attached hydrogen (secondary N) is 1. The zero-order valence-corrected chi connectivity index (χ0v) is 22.1. The Balaban J connectivity index is 1.70. The lowest BCUT2D eigenvalue weighted by Crippen LogP contribution is -2.60. The minimum absolute atomic E-state index is 0.0209. The average Bonchev–Trinajstić information content (AvgIpc) is 3.46. The Morgan fingerprint density at radius 1 is 1.16 bits per heavy atom. The molecule has 0 unspecified atom stereocenters. The van der Waals surface area contributed by atoms with Gasteiger partial charge in [0.25, 0.3) is 0 Å². The van der Waals surface area contributed by atoms with Crippen molar-refractivity contribution in [2.75, 3.05) is 0 Å². The van der Waals surface area contributed by atoms with E-state index in [2.05, 4.69) is 19.2 Å². The SMILES string of the molecule is CC(=O)O[C@H]1/C=C/[C@@](C)(O)C(=O)[C@@H](C)C/C=C/[C@H]2[C@@H]3O[C@]3(C)[C@@H](C)[C@H]3[C@H](Cc4ccccc4)NC(=O)[C@@]312. The number of carbonyl (C=O) groups excluding carboxylic acids is 3. The van der Waals surface area contributed by atoms with Gasteiger partial charge in [0, 0.05) is 30.7 Å². The van der Waals surface area contributed by atoms with Crippen LogP contribution in [0.2, 0.25) is 0 Å². The Morgan fingerprint density at radius 3 is 2.54 bits per heavy atom. The monoisotopic (exact) mass is 507 g/mol. The molecule has 7 heteroatoms. The molecule has 198 valence electrons. The third-order valence-electron chi connectivity index (χ3n) is 9.34. The van der Waals surface area contributed by atoms with Crippen molar-refractivity contribution >= 4 is 17.7 Å². The molecule has 1 spiro atoms. The zero-order valence-electron chi connectivity index (χ0n) is 22.1. The first-order valence-electron chi connectivity index (χ1n) is 13.3. The molecule has 10 atom stereocenters. The number of ether oxygens (including phenoxy) is 2. The fourth-order valence-electron chi connectivity index (χ4n) is 7.33. The molecule has 2 aliphatic carbocycles. The summed E-state index contributed by atoms with van der Waals surface area (Å²) < 4.78 is 12.3. The van der Waals surface area contributed by atoms with Crippen LogP contribution in [0.3, 0.4) is 0 Å². The second-order valence-electron chi connectivity index (χ2n) is 11.7. The van der Waals surface area contributed by atoms with Crippen LogP contribution in [0, 0.1) is 29.1 Å². The maximum absolute atomic E-state index is 14.3. The van der Waals surface area contributed by atoms with Crippen LogP contribution < -0.4 is 5.32 Å². The van der Waals surface area contributed by atoms with Crippen LogP contribution in [-0.2, 0) is 30.3 Å². The number of Topliss-reactive ketones (excluding diaryl/α,β-unsaturated/α-hetero) is 1. The molecule has 2 saturated heterocycles. The van der Waals surface area contributed by atoms with Crippen LogP contribution in [0.5, 0.6) is 0 Å². The summed E-state index contributed by atoms with van der Waals surface area (Å²) in [5.74, 6) is -2.10. The Hall–Kier alpha value is -2.77. The van der Waals surface area contributed by atoms with Crippen molar-refractivity contribution in [2.45, 2.75) is 76.9 Å². The standard InChI is InChI=1S/C30H37NO6/c1-17-10-9-13-21-26-29(5,37-26)18(2)24-22(16-20-11-7-6-8-12-20)31-27(34)30(21,24)23(36-19(3)32)14-15-28(4,35)25(17)33/h6-9,11-15,17-18,21-24,26,35H,10,16H2,1-5H3,(H,31,34)/b13-9+,15-14+/t17-,18-,21-,22-,23-,24-,26-,28+,29+,30+/m0/s1. The molecule has 0 aromatic heterocycles. The first kappa shape index (κ1) is 25.9. The van der Waals surface area contributed by atoms with Gasteiger partial charge in [-0.15, -0.1) is 0 Å². The fourth-order valence-corrected chi connectivity index (χ4v) is 7.33. The first-order valence-corrected chi connectivity index (χ1v) is 13.3. The van der Waals surface area contributed by atoms with Gasteiger partial charge in [-0.3, -0.25) is 14.4 Å². The largest absolute Gasteiger partial charge is 0.457 e. The number of hydrogen-bond acceptors (Lipinski definition) is 6. The van der Waals surface area contributed by atoms with Crippen LogP contribution in [0.4, 0.5) is 0 Å². The predicted molar refractivity (Wildman–Crippen MR) is 137 cm³/mol. The number of fused-ring (bicyclic) bond motifs is 2. The highest BCUT2D eigenvalue weighted by molar-refractivity contribution is 5.91. The van der Waals surface area contributed by atoms with E-state index in [1.54, 1.807) is 13.0 Å². The normalized spacial score (nSPS) is 46.4. The number of aliphatic hydroxyl groups is 1. The summed E-state index contributed by atoms with van der Waals surface area (Å²) in [5.41, 5.74) is -2.24. The number of esters is 1. The van der Waals surface area contributed by atoms with E-state index < -0.39 is 34.6 Å². The van der Waals surface area contributed by atoms with Crippen molar-refractivity contribution in [1.29, 1.82) is 0 Å². The van der Waals surface area contributed by atoms with Gasteiger partial charge < -0.3 is 19.9 Å². The summed E-state index contributed by atoms with van der Waals surface area (Å²) in [7, 11) is 0. The van der Waals surface area contributed by atoms with Crippen LogP contribution in [-0.4, -0.2) is 52.2 Å². The molecule has 3 fully saturated rings. The molecule has 1 amide bonds. The summed E-state index contributed by atoms with van der Waals surface area (Å²) >= 11 is 0. The van der Waals surface area contributed by atoms with E-state index in [1.807, 2.05) is 42.5 Å². The molecule has 2 N–H and O–H groups in total. The smallest absolute Gasteiger partial charge is 0.303 e. The molecule has 0 radical (unpaired) electrons. The van der Waals surface area contributed by atoms with E-state index in [4.69, 9.17) is 9.47 Å². The fraction of sp³-hybridized carbons (Fsp3) is 0.567. The lowest BCUT2D eigenvalue weighted by atomic mass is 9.51. The molecular weight excluding hydrogens is 470 g/mol. The Kier molecular flexibility index (Phi) is 6.23. The van der Waals surface area contributed by atoms with E-state index in [1.165, 1.54) is 19.9 Å². The van der Waals surface area contributed by atoms with E-state index in [0.717, 1.165) is 5.56 Å². The van der Waals surface area contributed by atoms with E-state index in [9.17, 15) is 19.5 Å². The third-order valence-corrected chi connectivity index (χ3v) is 9.34. The number of epoxide rings is 1. The van der Waals surface area contributed by atoms with Crippen molar-refractivity contribution < 1.29 is 29.0 Å². The van der Waals surface area contributed by atoms with Crippen molar-refractivity contribution in [2.24, 2.45) is 29.1 Å². The van der Waals surface area contributed by atoms with Crippen molar-refractivity contribution in [1.82, 2.24) is 5.32 Å². The van der Waals surface area contributed by atoms with Crippen molar-refractivity contribution in [3.8, 4) is 0 Å². The number of carbonyl (C=O) groups is 3. The first-order chi connectivity index (χ1) is 17.4. The molecule has 7 nitrogen and oxygen atoms in total. The maximum Gasteiger partial charge on any atom is 0.303 e. The van der Waals surface area contributed by atoms with Crippen molar-refractivity contribution in [3.05, 3.63) is 60.2 Å². The highest BCUT2D eigenvalue weighted by atomic mass is 16.6. The van der Waals surface area contributed by atoms with Gasteiger partial charge in [0.1, 0.15) is 17.1 Å². The summed E-state index contributed by atoms with van der Waals surface area (Å²) in [6, 6.07) is 9.82. The molecule has 2 heterocycles. The van der Waals surface area contributed by atoms with Gasteiger partial charge in [0.05, 0.1) is 11.7 Å². The molecule has 1 aromatic rings. The van der Waals surface area contributed by atoms with E-state index in [-0.39, 0.29) is 41.6 Å². The van der Waals surface area contributed by atoms with E-state index in [0.29, 0.717) is 12.8 Å². The third kappa shape index (κ3) is 3.98. The molecule has 37 heavy (non-hydrogen) atoms. The van der Waals surface area contributed by atoms with Gasteiger partial charge in [-0.25, -0.2) is 0 Å². The number of amides is 1. The minimum Gasteiger partial charge on any atom is -0.457 e.